The zero-order valence-electron chi connectivity index (χ0n) is 55.0. The number of allylic oxidation sites excluding steroid dienone is 11. The normalized spacial score (nSPS) is 18.8. The van der Waals surface area contributed by atoms with E-state index in [2.05, 4.69) is 86.8 Å². The van der Waals surface area contributed by atoms with Gasteiger partial charge in [0.1, 0.15) is 24.4 Å². The van der Waals surface area contributed by atoms with Gasteiger partial charge in [-0.3, -0.25) is 9.59 Å². The van der Waals surface area contributed by atoms with Crippen LogP contribution in [0.15, 0.2) is 72.9 Å². The maximum Gasteiger partial charge on any atom is 0.306 e. The molecule has 0 bridgehead atoms. The number of hydrogen-bond acceptors (Lipinski definition) is 10. The van der Waals surface area contributed by atoms with E-state index in [9.17, 15) is 35.1 Å². The molecule has 0 aromatic heterocycles. The first-order valence-electron chi connectivity index (χ1n) is 35.7. The Kier molecular flexibility index (Phi) is 57.8. The number of unbranched alkanes of at least 4 members (excludes halogenated alkanes) is 37. The highest BCUT2D eigenvalue weighted by atomic mass is 16.7. The number of rotatable bonds is 61. The zero-order chi connectivity index (χ0) is 61.7. The third-order valence-electron chi connectivity index (χ3n) is 16.6. The number of carbonyl (C=O) groups excluding carboxylic acids is 2. The molecule has 11 nitrogen and oxygen atoms in total. The predicted octanol–water partition coefficient (Wildman–Crippen LogP) is 18.3. The molecule has 0 aromatic rings. The molecule has 1 rings (SSSR count). The third-order valence-corrected chi connectivity index (χ3v) is 16.6. The van der Waals surface area contributed by atoms with E-state index >= 15 is 0 Å². The van der Waals surface area contributed by atoms with Crippen LogP contribution in [0.5, 0.6) is 0 Å². The second-order valence-electron chi connectivity index (χ2n) is 24.6. The highest BCUT2D eigenvalue weighted by Gasteiger charge is 2.47. The van der Waals surface area contributed by atoms with Crippen molar-refractivity contribution < 1.29 is 49.3 Å². The van der Waals surface area contributed by atoms with Crippen LogP contribution < -0.4 is 5.32 Å². The highest BCUT2D eigenvalue weighted by molar-refractivity contribution is 5.80. The van der Waals surface area contributed by atoms with Gasteiger partial charge in [0.15, 0.2) is 12.4 Å². The van der Waals surface area contributed by atoms with Gasteiger partial charge in [-0.15, -0.1) is 0 Å². The minimum atomic E-state index is -1.62. The van der Waals surface area contributed by atoms with Gasteiger partial charge in [0.2, 0.25) is 5.91 Å². The summed E-state index contributed by atoms with van der Waals surface area (Å²) in [5.41, 5.74) is 0. The summed E-state index contributed by atoms with van der Waals surface area (Å²) < 4.78 is 17.7. The third kappa shape index (κ3) is 48.7. The second-order valence-corrected chi connectivity index (χ2v) is 24.6. The highest BCUT2D eigenvalue weighted by Crippen LogP contribution is 2.26. The molecule has 1 heterocycles. The van der Waals surface area contributed by atoms with E-state index < -0.39 is 67.4 Å². The minimum Gasteiger partial charge on any atom is -0.454 e. The molecule has 494 valence electrons. The molecule has 6 N–H and O–H groups in total. The first-order valence-corrected chi connectivity index (χ1v) is 35.7. The fourth-order valence-corrected chi connectivity index (χ4v) is 11.0. The van der Waals surface area contributed by atoms with E-state index in [1.54, 1.807) is 6.08 Å². The van der Waals surface area contributed by atoms with Crippen LogP contribution in [0.25, 0.3) is 0 Å². The van der Waals surface area contributed by atoms with Crippen LogP contribution in [0, 0.1) is 0 Å². The van der Waals surface area contributed by atoms with Crippen molar-refractivity contribution in [2.45, 2.75) is 372 Å². The van der Waals surface area contributed by atoms with Crippen molar-refractivity contribution in [3.05, 3.63) is 72.9 Å². The van der Waals surface area contributed by atoms with Crippen molar-refractivity contribution in [2.75, 3.05) is 13.2 Å². The van der Waals surface area contributed by atoms with Gasteiger partial charge in [-0.1, -0.05) is 318 Å². The Labute approximate surface area is 521 Å². The summed E-state index contributed by atoms with van der Waals surface area (Å²) in [7, 11) is 0. The van der Waals surface area contributed by atoms with E-state index in [1.807, 2.05) is 6.08 Å². The number of carbonyl (C=O) groups is 2. The number of amides is 1. The van der Waals surface area contributed by atoms with Gasteiger partial charge in [-0.25, -0.2) is 0 Å². The van der Waals surface area contributed by atoms with E-state index in [4.69, 9.17) is 14.2 Å². The lowest BCUT2D eigenvalue weighted by Crippen LogP contribution is -2.61. The molecule has 8 atom stereocenters. The quantitative estimate of drug-likeness (QED) is 0.0195. The summed E-state index contributed by atoms with van der Waals surface area (Å²) >= 11 is 0. The summed E-state index contributed by atoms with van der Waals surface area (Å²) in [5.74, 6) is -1.20. The maximum atomic E-state index is 13.5. The topological polar surface area (TPSA) is 175 Å². The molecule has 0 aliphatic carbocycles. The summed E-state index contributed by atoms with van der Waals surface area (Å²) in [6.45, 7) is 5.71. The Morgan fingerprint density at radius 2 is 0.847 bits per heavy atom. The standard InChI is InChI=1S/C74H133NO10/c1-4-7-10-13-16-19-22-25-27-29-31-33-35-36-38-40-43-46-49-52-55-58-61-67(78)73(82)75-65(66(77)60-57-54-51-48-45-42-24-21-18-15-12-9-6-3)64-83-74-72(71(81)70(80)68(63-76)84-74)85-69(79)62-59-56-53-50-47-44-41-39-37-34-32-30-28-26-23-20-17-14-11-8-5-2/h7,10,16,19,25,27,31,33,36,38,57,60,65-68,70-72,74,76-78,80-81H,4-6,8-9,11-15,17-18,20-24,26,28-30,32,34-35,37,39-56,58-59,61-64H2,1-3H3,(H,75,82)/b10-7-,19-16-,27-25-,33-31-,38-36-,60-57+. The van der Waals surface area contributed by atoms with Crippen molar-refractivity contribution in [2.24, 2.45) is 0 Å². The van der Waals surface area contributed by atoms with E-state index in [1.165, 1.54) is 167 Å². The van der Waals surface area contributed by atoms with Crippen molar-refractivity contribution in [3.8, 4) is 0 Å². The molecule has 0 aromatic carbocycles. The summed E-state index contributed by atoms with van der Waals surface area (Å²) in [4.78, 5) is 26.7. The average Bonchev–Trinajstić information content (AvgIpc) is 3.19. The van der Waals surface area contributed by atoms with Gasteiger partial charge < -0.3 is 45.1 Å². The van der Waals surface area contributed by atoms with Crippen LogP contribution in [0.4, 0.5) is 0 Å². The molecule has 0 spiro atoms. The predicted molar refractivity (Wildman–Crippen MR) is 356 cm³/mol. The van der Waals surface area contributed by atoms with Crippen molar-refractivity contribution in [1.29, 1.82) is 0 Å². The molecule has 11 heteroatoms. The molecule has 1 aliphatic rings. The second kappa shape index (κ2) is 61.3. The number of aliphatic hydroxyl groups excluding tert-OH is 5. The fraction of sp³-hybridized carbons (Fsp3) is 0.811. The van der Waals surface area contributed by atoms with Crippen molar-refractivity contribution >= 4 is 11.9 Å². The van der Waals surface area contributed by atoms with Gasteiger partial charge >= 0.3 is 5.97 Å². The average molecular weight is 1200 g/mol. The Morgan fingerprint density at radius 3 is 1.27 bits per heavy atom. The molecular weight excluding hydrogens is 1060 g/mol. The van der Waals surface area contributed by atoms with Gasteiger partial charge in [0, 0.05) is 6.42 Å². The number of esters is 1. The Bertz CT molecular complexity index is 1660. The molecule has 1 amide bonds. The van der Waals surface area contributed by atoms with Gasteiger partial charge in [0.25, 0.3) is 0 Å². The SMILES string of the molecule is CC/C=C\C/C=C\C/C=C\C/C=C\C/C=C\CCCCCCCCC(O)C(=O)NC(COC1OC(CO)C(O)C(O)C1OC(=O)CCCCCCCCCCCCCCCCCCCCCCC)C(O)/C=C/CCCCCCCCCCCCC. The number of nitrogens with one attached hydrogen (secondary N) is 1. The molecule has 8 unspecified atom stereocenters. The molecule has 1 aliphatic heterocycles. The Hall–Kier alpha value is -2.90. The Balaban J connectivity index is 2.61. The lowest BCUT2D eigenvalue weighted by atomic mass is 9.99. The molecule has 1 saturated heterocycles. The van der Waals surface area contributed by atoms with E-state index in [0.717, 1.165) is 109 Å². The number of ether oxygens (including phenoxy) is 3. The molecular formula is C74H133NO10. The first kappa shape index (κ1) is 80.1. The first-order chi connectivity index (χ1) is 41.7. The zero-order valence-corrected chi connectivity index (χ0v) is 55.0. The molecule has 0 radical (unpaired) electrons. The molecule has 1 fully saturated rings. The lowest BCUT2D eigenvalue weighted by Gasteiger charge is -2.41. The molecule has 0 saturated carbocycles. The van der Waals surface area contributed by atoms with Crippen molar-refractivity contribution in [3.63, 3.8) is 0 Å². The van der Waals surface area contributed by atoms with Crippen LogP contribution in [0.3, 0.4) is 0 Å². The van der Waals surface area contributed by atoms with Crippen LogP contribution in [-0.4, -0.2) is 99.6 Å². The monoisotopic (exact) mass is 1200 g/mol. The van der Waals surface area contributed by atoms with Crippen molar-refractivity contribution in [1.82, 2.24) is 5.32 Å². The largest absolute Gasteiger partial charge is 0.454 e. The summed E-state index contributed by atoms with van der Waals surface area (Å²) in [6, 6.07) is -1.03. The van der Waals surface area contributed by atoms with Gasteiger partial charge in [-0.05, 0) is 70.6 Å². The number of hydrogen-bond donors (Lipinski definition) is 6. The molecule has 85 heavy (non-hydrogen) atoms. The van der Waals surface area contributed by atoms with Crippen LogP contribution in [0.2, 0.25) is 0 Å². The maximum absolute atomic E-state index is 13.5. The summed E-state index contributed by atoms with van der Waals surface area (Å²) in [5, 5.41) is 57.3. The van der Waals surface area contributed by atoms with E-state index in [0.29, 0.717) is 12.8 Å². The lowest BCUT2D eigenvalue weighted by molar-refractivity contribution is -0.305. The van der Waals surface area contributed by atoms with Gasteiger partial charge in [-0.2, -0.15) is 0 Å². The van der Waals surface area contributed by atoms with Crippen LogP contribution in [0.1, 0.15) is 323 Å². The minimum absolute atomic E-state index is 0.125. The fourth-order valence-electron chi connectivity index (χ4n) is 11.0. The summed E-state index contributed by atoms with van der Waals surface area (Å²) in [6.07, 6.45) is 69.3. The van der Waals surface area contributed by atoms with Crippen LogP contribution >= 0.6 is 0 Å². The van der Waals surface area contributed by atoms with E-state index in [-0.39, 0.29) is 19.4 Å². The number of aliphatic hydroxyl groups is 5. The smallest absolute Gasteiger partial charge is 0.306 e. The van der Waals surface area contributed by atoms with Gasteiger partial charge in [0.05, 0.1) is 25.4 Å². The van der Waals surface area contributed by atoms with Crippen LogP contribution in [-0.2, 0) is 23.8 Å². The Morgan fingerprint density at radius 1 is 0.471 bits per heavy atom.